The molecule has 1 unspecified atom stereocenters. The van der Waals surface area contributed by atoms with Gasteiger partial charge in [-0.15, -0.1) is 0 Å². The zero-order valence-corrected chi connectivity index (χ0v) is 10.9. The molecule has 2 aliphatic heterocycles. The van der Waals surface area contributed by atoms with E-state index in [1.165, 1.54) is 28.0 Å². The maximum Gasteiger partial charge on any atom is 0.0581 e. The number of benzene rings is 1. The van der Waals surface area contributed by atoms with E-state index < -0.39 is 0 Å². The van der Waals surface area contributed by atoms with E-state index in [1.807, 2.05) is 0 Å². The average Bonchev–Trinajstić information content (AvgIpc) is 2.85. The van der Waals surface area contributed by atoms with Crippen molar-refractivity contribution in [2.75, 3.05) is 0 Å². The van der Waals surface area contributed by atoms with Crippen LogP contribution >= 0.6 is 0 Å². The first-order chi connectivity index (χ1) is 9.93. The minimum absolute atomic E-state index is 0.278. The minimum Gasteiger partial charge on any atom is -0.316 e. The lowest BCUT2D eigenvalue weighted by Gasteiger charge is -2.33. The lowest BCUT2D eigenvalue weighted by Crippen LogP contribution is -2.23. The molecule has 0 aromatic heterocycles. The molecule has 20 heavy (non-hydrogen) atoms. The molecule has 0 saturated heterocycles. The molecule has 0 bridgehead atoms. The van der Waals surface area contributed by atoms with Crippen LogP contribution in [0.3, 0.4) is 0 Å². The Balaban J connectivity index is 1.85. The highest BCUT2D eigenvalue weighted by Crippen LogP contribution is 2.51. The molecule has 1 aromatic carbocycles. The fourth-order valence-corrected chi connectivity index (χ4v) is 3.49. The summed E-state index contributed by atoms with van der Waals surface area (Å²) in [7, 11) is 0. The molecule has 93 valence electrons. The second-order valence-corrected chi connectivity index (χ2v) is 5.35. The van der Waals surface area contributed by atoms with Crippen LogP contribution in [0.4, 0.5) is 0 Å². The summed E-state index contributed by atoms with van der Waals surface area (Å²) in [5.74, 6) is 0.278. The third-order valence-corrected chi connectivity index (χ3v) is 4.30. The average molecular weight is 254 g/mol. The van der Waals surface area contributed by atoms with Crippen molar-refractivity contribution in [2.24, 2.45) is 5.92 Å². The Morgan fingerprint density at radius 3 is 2.85 bits per heavy atom. The normalized spacial score (nSPS) is 24.2. The van der Waals surface area contributed by atoms with Crippen LogP contribution in [-0.4, -0.2) is 4.90 Å². The summed E-state index contributed by atoms with van der Waals surface area (Å²) < 4.78 is 0. The number of hydrogen-bond donors (Lipinski definition) is 0. The summed E-state index contributed by atoms with van der Waals surface area (Å²) in [6, 6.07) is 8.69. The number of hydrogen-bond acceptors (Lipinski definition) is 1. The molecule has 4 aliphatic rings. The molecule has 1 radical (unpaired) electrons. The Kier molecular flexibility index (Phi) is 1.80. The molecule has 0 N–H and O–H groups in total. The summed E-state index contributed by atoms with van der Waals surface area (Å²) in [6.45, 7) is 0. The Morgan fingerprint density at radius 1 is 1.00 bits per heavy atom. The van der Waals surface area contributed by atoms with E-state index in [-0.39, 0.29) is 5.92 Å². The predicted molar refractivity (Wildman–Crippen MR) is 80.8 cm³/mol. The van der Waals surface area contributed by atoms with Crippen molar-refractivity contribution in [3.8, 4) is 0 Å². The summed E-state index contributed by atoms with van der Waals surface area (Å²) in [5.41, 5.74) is 7.92. The van der Waals surface area contributed by atoms with Crippen LogP contribution in [0.2, 0.25) is 0 Å². The quantitative estimate of drug-likeness (QED) is 0.674. The van der Waals surface area contributed by atoms with Gasteiger partial charge in [-0.25, -0.2) is 0 Å². The SMILES string of the molecule is [C]1=C2C=CC=CN2C2=C3C(=CC=CC13)c1ccccc12. The zero-order chi connectivity index (χ0) is 13.1. The predicted octanol–water partition coefficient (Wildman–Crippen LogP) is 4.07. The molecule has 0 spiro atoms. The fraction of sp³-hybridized carbons (Fsp3) is 0.0526. The van der Waals surface area contributed by atoms with Crippen LogP contribution in [0.1, 0.15) is 11.1 Å². The van der Waals surface area contributed by atoms with Crippen LogP contribution in [0.25, 0.3) is 11.3 Å². The highest BCUT2D eigenvalue weighted by molar-refractivity contribution is 6.02. The molecule has 2 aliphatic carbocycles. The lowest BCUT2D eigenvalue weighted by atomic mass is 9.85. The monoisotopic (exact) mass is 254 g/mol. The third kappa shape index (κ3) is 1.13. The maximum atomic E-state index is 3.61. The summed E-state index contributed by atoms with van der Waals surface area (Å²) in [4.78, 5) is 2.27. The Bertz CT molecular complexity index is 812. The second kappa shape index (κ2) is 3.51. The van der Waals surface area contributed by atoms with Crippen molar-refractivity contribution < 1.29 is 0 Å². The Morgan fingerprint density at radius 2 is 1.90 bits per heavy atom. The van der Waals surface area contributed by atoms with E-state index in [2.05, 4.69) is 77.9 Å². The van der Waals surface area contributed by atoms with Crippen LogP contribution in [-0.2, 0) is 0 Å². The van der Waals surface area contributed by atoms with Crippen molar-refractivity contribution in [3.63, 3.8) is 0 Å². The van der Waals surface area contributed by atoms with Gasteiger partial charge in [0.2, 0.25) is 0 Å². The molecule has 0 fully saturated rings. The Hall–Kier alpha value is -2.54. The lowest BCUT2D eigenvalue weighted by molar-refractivity contribution is 0.632. The zero-order valence-electron chi connectivity index (χ0n) is 10.9. The van der Waals surface area contributed by atoms with E-state index in [1.54, 1.807) is 0 Å². The van der Waals surface area contributed by atoms with Crippen molar-refractivity contribution in [2.45, 2.75) is 0 Å². The van der Waals surface area contributed by atoms with Gasteiger partial charge in [-0.3, -0.25) is 0 Å². The standard InChI is InChI=1S/C19H12N/c1-2-9-17-15(8-1)16-10-5-6-13-12-14-7-3-4-11-20(14)19(17)18(13)16/h1-11,13H. The number of rotatable bonds is 0. The first-order valence-corrected chi connectivity index (χ1v) is 6.94. The van der Waals surface area contributed by atoms with Crippen molar-refractivity contribution >= 4 is 11.3 Å². The molecule has 1 nitrogen and oxygen atoms in total. The summed E-state index contributed by atoms with van der Waals surface area (Å²) >= 11 is 0. The van der Waals surface area contributed by atoms with Crippen LogP contribution < -0.4 is 0 Å². The van der Waals surface area contributed by atoms with Crippen molar-refractivity contribution in [1.82, 2.24) is 4.90 Å². The number of allylic oxidation sites excluding steroid dienone is 9. The maximum absolute atomic E-state index is 3.61. The number of fused-ring (bicyclic) bond motifs is 5. The molecule has 1 heteroatoms. The topological polar surface area (TPSA) is 3.24 Å². The van der Waals surface area contributed by atoms with Gasteiger partial charge in [0.1, 0.15) is 0 Å². The molecule has 1 aromatic rings. The van der Waals surface area contributed by atoms with Gasteiger partial charge < -0.3 is 4.90 Å². The van der Waals surface area contributed by atoms with Crippen LogP contribution in [0.5, 0.6) is 0 Å². The fourth-order valence-electron chi connectivity index (χ4n) is 3.49. The molecular formula is C19H12N. The van der Waals surface area contributed by atoms with Gasteiger partial charge >= 0.3 is 0 Å². The molecule has 0 amide bonds. The molecule has 5 rings (SSSR count). The van der Waals surface area contributed by atoms with E-state index in [0.29, 0.717) is 0 Å². The molecular weight excluding hydrogens is 242 g/mol. The van der Waals surface area contributed by atoms with E-state index >= 15 is 0 Å². The Labute approximate surface area is 118 Å². The first-order valence-electron chi connectivity index (χ1n) is 6.94. The minimum atomic E-state index is 0.278. The summed E-state index contributed by atoms with van der Waals surface area (Å²) in [5, 5.41) is 0. The second-order valence-electron chi connectivity index (χ2n) is 5.35. The van der Waals surface area contributed by atoms with Gasteiger partial charge in [0.05, 0.1) is 11.4 Å². The van der Waals surface area contributed by atoms with Gasteiger partial charge in [-0.05, 0) is 34.9 Å². The smallest absolute Gasteiger partial charge is 0.0581 e. The van der Waals surface area contributed by atoms with Gasteiger partial charge in [0, 0.05) is 17.7 Å². The van der Waals surface area contributed by atoms with Gasteiger partial charge in [0.15, 0.2) is 0 Å². The highest BCUT2D eigenvalue weighted by Gasteiger charge is 2.37. The van der Waals surface area contributed by atoms with Gasteiger partial charge in [-0.1, -0.05) is 48.6 Å². The van der Waals surface area contributed by atoms with E-state index in [9.17, 15) is 0 Å². The molecule has 1 atom stereocenters. The van der Waals surface area contributed by atoms with Crippen LogP contribution in [0, 0.1) is 12.0 Å². The van der Waals surface area contributed by atoms with Crippen LogP contribution in [0.15, 0.2) is 78.2 Å². The highest BCUT2D eigenvalue weighted by atomic mass is 15.1. The van der Waals surface area contributed by atoms with Gasteiger partial charge in [-0.2, -0.15) is 0 Å². The largest absolute Gasteiger partial charge is 0.316 e. The third-order valence-electron chi connectivity index (χ3n) is 4.30. The number of nitrogens with zero attached hydrogens (tertiary/aromatic N) is 1. The van der Waals surface area contributed by atoms with E-state index in [4.69, 9.17) is 0 Å². The molecule has 2 heterocycles. The molecule has 0 saturated carbocycles. The van der Waals surface area contributed by atoms with Crippen molar-refractivity contribution in [3.05, 3.63) is 95.4 Å². The first kappa shape index (κ1) is 10.3. The van der Waals surface area contributed by atoms with Crippen molar-refractivity contribution in [1.29, 1.82) is 0 Å². The van der Waals surface area contributed by atoms with Gasteiger partial charge in [0.25, 0.3) is 0 Å². The summed E-state index contributed by atoms with van der Waals surface area (Å²) in [6.07, 6.45) is 18.7. The van der Waals surface area contributed by atoms with E-state index in [0.717, 1.165) is 5.70 Å².